The van der Waals surface area contributed by atoms with Crippen molar-refractivity contribution in [2.75, 3.05) is 5.32 Å². The van der Waals surface area contributed by atoms with E-state index in [1.54, 1.807) is 0 Å². The molecule has 0 bridgehead atoms. The van der Waals surface area contributed by atoms with Gasteiger partial charge in [0.1, 0.15) is 16.2 Å². The maximum absolute atomic E-state index is 4.54. The lowest BCUT2D eigenvalue weighted by molar-refractivity contribution is 0.828. The number of benzene rings is 1. The van der Waals surface area contributed by atoms with Gasteiger partial charge in [-0.2, -0.15) is 0 Å². The molecule has 0 radical (unpaired) electrons. The Morgan fingerprint density at radius 3 is 2.55 bits per heavy atom. The molecule has 2 aromatic rings. The zero-order valence-corrected chi connectivity index (χ0v) is 13.6. The van der Waals surface area contributed by atoms with Crippen molar-refractivity contribution in [2.24, 2.45) is 0 Å². The van der Waals surface area contributed by atoms with Crippen LogP contribution in [0.1, 0.15) is 37.2 Å². The van der Waals surface area contributed by atoms with Gasteiger partial charge in [-0.15, -0.1) is 0 Å². The fourth-order valence-electron chi connectivity index (χ4n) is 2.15. The molecule has 0 fully saturated rings. The van der Waals surface area contributed by atoms with Crippen molar-refractivity contribution < 1.29 is 0 Å². The van der Waals surface area contributed by atoms with Crippen LogP contribution in [0.3, 0.4) is 0 Å². The molecule has 0 unspecified atom stereocenters. The maximum Gasteiger partial charge on any atom is 0.132 e. The van der Waals surface area contributed by atoms with Crippen LogP contribution in [0.4, 0.5) is 5.82 Å². The average Bonchev–Trinajstić information content (AvgIpc) is 2.45. The summed E-state index contributed by atoms with van der Waals surface area (Å²) in [7, 11) is 0. The Hall–Kier alpha value is -1.42. The molecule has 20 heavy (non-hydrogen) atoms. The van der Waals surface area contributed by atoms with E-state index < -0.39 is 0 Å². The molecule has 0 spiro atoms. The highest BCUT2D eigenvalue weighted by Crippen LogP contribution is 2.16. The molecule has 0 aliphatic rings. The first kappa shape index (κ1) is 15.0. The largest absolute Gasteiger partial charge is 0.366 e. The predicted octanol–water partition coefficient (Wildman–Crippen LogP) is 4.37. The van der Waals surface area contributed by atoms with E-state index >= 15 is 0 Å². The van der Waals surface area contributed by atoms with Gasteiger partial charge in [0.2, 0.25) is 0 Å². The number of anilines is 1. The third kappa shape index (κ3) is 4.04. The summed E-state index contributed by atoms with van der Waals surface area (Å²) in [6.45, 7) is 5.10. The zero-order chi connectivity index (χ0) is 14.4. The van der Waals surface area contributed by atoms with E-state index in [2.05, 4.69) is 69.3 Å². The van der Waals surface area contributed by atoms with Crippen LogP contribution < -0.4 is 5.32 Å². The Kier molecular flexibility index (Phi) is 5.53. The molecule has 3 nitrogen and oxygen atoms in total. The molecule has 1 aromatic carbocycles. The predicted molar refractivity (Wildman–Crippen MR) is 86.9 cm³/mol. The van der Waals surface area contributed by atoms with E-state index in [4.69, 9.17) is 0 Å². The molecular formula is C16H20BrN3. The molecule has 0 atom stereocenters. The van der Waals surface area contributed by atoms with E-state index in [0.717, 1.165) is 42.1 Å². The van der Waals surface area contributed by atoms with Gasteiger partial charge in [0, 0.05) is 19.0 Å². The summed E-state index contributed by atoms with van der Waals surface area (Å²) in [5, 5.41) is 3.39. The minimum atomic E-state index is 0.791. The number of rotatable bonds is 6. The first-order valence-corrected chi connectivity index (χ1v) is 7.86. The molecule has 4 heteroatoms. The van der Waals surface area contributed by atoms with Gasteiger partial charge in [-0.3, -0.25) is 0 Å². The van der Waals surface area contributed by atoms with Crippen molar-refractivity contribution in [3.05, 3.63) is 51.9 Å². The third-order valence-corrected chi connectivity index (χ3v) is 3.58. The molecule has 1 N–H and O–H groups in total. The first-order chi connectivity index (χ1) is 9.72. The Balaban J connectivity index is 2.10. The van der Waals surface area contributed by atoms with Crippen molar-refractivity contribution in [2.45, 2.75) is 39.7 Å². The zero-order valence-electron chi connectivity index (χ0n) is 12.0. The molecule has 0 saturated carbocycles. The SMILES string of the molecule is CCCc1nc(Br)cc(NCc2ccccc2CC)n1. The maximum atomic E-state index is 4.54. The fourth-order valence-corrected chi connectivity index (χ4v) is 2.57. The highest BCUT2D eigenvalue weighted by Gasteiger charge is 2.04. The van der Waals surface area contributed by atoms with Gasteiger partial charge in [-0.25, -0.2) is 9.97 Å². The fraction of sp³-hybridized carbons (Fsp3) is 0.375. The van der Waals surface area contributed by atoms with Crippen LogP contribution >= 0.6 is 15.9 Å². The summed E-state index contributed by atoms with van der Waals surface area (Å²) in [5.41, 5.74) is 2.70. The summed E-state index contributed by atoms with van der Waals surface area (Å²) < 4.78 is 0.835. The van der Waals surface area contributed by atoms with Gasteiger partial charge in [0.15, 0.2) is 0 Å². The van der Waals surface area contributed by atoms with Gasteiger partial charge in [-0.1, -0.05) is 38.1 Å². The number of nitrogens with zero attached hydrogens (tertiary/aromatic N) is 2. The van der Waals surface area contributed by atoms with Gasteiger partial charge in [-0.05, 0) is 39.9 Å². The highest BCUT2D eigenvalue weighted by atomic mass is 79.9. The Morgan fingerprint density at radius 1 is 1.10 bits per heavy atom. The van der Waals surface area contributed by atoms with Crippen molar-refractivity contribution in [3.63, 3.8) is 0 Å². The Labute approximate surface area is 129 Å². The van der Waals surface area contributed by atoms with E-state index in [0.29, 0.717) is 0 Å². The second-order valence-corrected chi connectivity index (χ2v) is 5.53. The lowest BCUT2D eigenvalue weighted by Crippen LogP contribution is -2.06. The quantitative estimate of drug-likeness (QED) is 0.798. The third-order valence-electron chi connectivity index (χ3n) is 3.17. The first-order valence-electron chi connectivity index (χ1n) is 7.07. The molecule has 2 rings (SSSR count). The van der Waals surface area contributed by atoms with Gasteiger partial charge >= 0.3 is 0 Å². The molecule has 1 aromatic heterocycles. The van der Waals surface area contributed by atoms with Gasteiger partial charge in [0.25, 0.3) is 0 Å². The molecule has 0 aliphatic carbocycles. The number of aromatic nitrogens is 2. The van der Waals surface area contributed by atoms with Crippen LogP contribution in [0.5, 0.6) is 0 Å². The van der Waals surface area contributed by atoms with Gasteiger partial charge < -0.3 is 5.32 Å². The summed E-state index contributed by atoms with van der Waals surface area (Å²) in [5.74, 6) is 1.76. The summed E-state index contributed by atoms with van der Waals surface area (Å²) in [4.78, 5) is 8.92. The number of halogens is 1. The minimum absolute atomic E-state index is 0.791. The van der Waals surface area contributed by atoms with Crippen LogP contribution in [0.2, 0.25) is 0 Å². The van der Waals surface area contributed by atoms with Gasteiger partial charge in [0.05, 0.1) is 0 Å². The molecule has 0 saturated heterocycles. The van der Waals surface area contributed by atoms with Crippen LogP contribution in [-0.4, -0.2) is 9.97 Å². The average molecular weight is 334 g/mol. The standard InChI is InChI=1S/C16H20BrN3/c1-3-7-15-19-14(17)10-16(20-15)18-11-13-9-6-5-8-12(13)4-2/h5-6,8-10H,3-4,7,11H2,1-2H3,(H,18,19,20). The summed E-state index contributed by atoms with van der Waals surface area (Å²) in [6.07, 6.45) is 3.00. The Bertz CT molecular complexity index is 569. The van der Waals surface area contributed by atoms with E-state index in [1.165, 1.54) is 11.1 Å². The summed E-state index contributed by atoms with van der Waals surface area (Å²) >= 11 is 3.45. The molecule has 106 valence electrons. The molecular weight excluding hydrogens is 314 g/mol. The van der Waals surface area contributed by atoms with Crippen LogP contribution in [0.25, 0.3) is 0 Å². The normalized spacial score (nSPS) is 10.6. The second-order valence-electron chi connectivity index (χ2n) is 4.72. The number of nitrogens with one attached hydrogen (secondary N) is 1. The minimum Gasteiger partial charge on any atom is -0.366 e. The monoisotopic (exact) mass is 333 g/mol. The van der Waals surface area contributed by atoms with Crippen molar-refractivity contribution in [1.82, 2.24) is 9.97 Å². The number of aryl methyl sites for hydroxylation is 2. The molecule has 0 aliphatic heterocycles. The van der Waals surface area contributed by atoms with Crippen LogP contribution in [-0.2, 0) is 19.4 Å². The lowest BCUT2D eigenvalue weighted by atomic mass is 10.1. The lowest BCUT2D eigenvalue weighted by Gasteiger charge is -2.10. The van der Waals surface area contributed by atoms with Crippen molar-refractivity contribution >= 4 is 21.7 Å². The Morgan fingerprint density at radius 2 is 1.85 bits per heavy atom. The van der Waals surface area contributed by atoms with Crippen molar-refractivity contribution in [3.8, 4) is 0 Å². The van der Waals surface area contributed by atoms with E-state index in [1.807, 2.05) is 6.07 Å². The topological polar surface area (TPSA) is 37.8 Å². The number of hydrogen-bond acceptors (Lipinski definition) is 3. The molecule has 1 heterocycles. The second kappa shape index (κ2) is 7.39. The number of hydrogen-bond donors (Lipinski definition) is 1. The van der Waals surface area contributed by atoms with E-state index in [-0.39, 0.29) is 0 Å². The highest BCUT2D eigenvalue weighted by molar-refractivity contribution is 9.10. The summed E-state index contributed by atoms with van der Waals surface area (Å²) in [6, 6.07) is 10.4. The molecule has 0 amide bonds. The van der Waals surface area contributed by atoms with E-state index in [9.17, 15) is 0 Å². The van der Waals surface area contributed by atoms with Crippen molar-refractivity contribution in [1.29, 1.82) is 0 Å². The smallest absolute Gasteiger partial charge is 0.132 e. The van der Waals surface area contributed by atoms with Crippen LogP contribution in [0.15, 0.2) is 34.9 Å². The van der Waals surface area contributed by atoms with Crippen LogP contribution in [0, 0.1) is 0 Å².